The third kappa shape index (κ3) is 2.38. The topological polar surface area (TPSA) is 15.3 Å². The number of nitrogens with zero attached hydrogens (tertiary/aromatic N) is 1. The van der Waals surface area contributed by atoms with Crippen LogP contribution in [0.1, 0.15) is 42.9 Å². The summed E-state index contributed by atoms with van der Waals surface area (Å²) in [5.41, 5.74) is 2.33. The van der Waals surface area contributed by atoms with Gasteiger partial charge in [-0.2, -0.15) is 0 Å². The van der Waals surface area contributed by atoms with Gasteiger partial charge in [-0.25, -0.2) is 4.39 Å². The van der Waals surface area contributed by atoms with Crippen LogP contribution in [0, 0.1) is 18.7 Å². The number of piperidine rings is 1. The van der Waals surface area contributed by atoms with E-state index < -0.39 is 0 Å². The number of nitrogens with one attached hydrogen (secondary N) is 1. The Labute approximate surface area is 121 Å². The molecule has 0 saturated carbocycles. The highest BCUT2D eigenvalue weighted by molar-refractivity contribution is 5.30. The van der Waals surface area contributed by atoms with Crippen molar-refractivity contribution < 1.29 is 4.39 Å². The quantitative estimate of drug-likeness (QED) is 0.911. The molecule has 0 aliphatic carbocycles. The molecular weight excluding hydrogens is 251 g/mol. The molecule has 2 aliphatic rings. The monoisotopic (exact) mass is 276 g/mol. The number of halogens is 1. The Morgan fingerprint density at radius 1 is 1.25 bits per heavy atom. The SMILES string of the molecule is CNC(c1ccc(F)cc1C)C1CC2CCC(C1)N2C. The van der Waals surface area contributed by atoms with Crippen molar-refractivity contribution in [2.24, 2.45) is 5.92 Å². The molecule has 2 bridgehead atoms. The minimum absolute atomic E-state index is 0.135. The maximum atomic E-state index is 13.3. The average Bonchev–Trinajstić information content (AvgIpc) is 2.64. The van der Waals surface area contributed by atoms with Crippen LogP contribution in [0.15, 0.2) is 18.2 Å². The minimum atomic E-state index is -0.135. The van der Waals surface area contributed by atoms with Crippen molar-refractivity contribution in [3.05, 3.63) is 35.1 Å². The van der Waals surface area contributed by atoms with Gasteiger partial charge in [0, 0.05) is 18.1 Å². The van der Waals surface area contributed by atoms with E-state index in [1.807, 2.05) is 20.0 Å². The van der Waals surface area contributed by atoms with Gasteiger partial charge in [0.1, 0.15) is 5.82 Å². The van der Waals surface area contributed by atoms with Crippen molar-refractivity contribution in [2.45, 2.75) is 50.7 Å². The second-order valence-corrected chi connectivity index (χ2v) is 6.55. The lowest BCUT2D eigenvalue weighted by Gasteiger charge is -2.40. The van der Waals surface area contributed by atoms with Crippen molar-refractivity contribution in [2.75, 3.05) is 14.1 Å². The first-order valence-corrected chi connectivity index (χ1v) is 7.75. The molecule has 2 fully saturated rings. The zero-order valence-electron chi connectivity index (χ0n) is 12.7. The minimum Gasteiger partial charge on any atom is -0.313 e. The standard InChI is InChI=1S/C17H25FN2/c1-11-8-13(18)4-7-16(11)17(19-2)12-9-14-5-6-15(10-12)20(14)3/h4,7-8,12,14-15,17,19H,5-6,9-10H2,1-3H3. The van der Waals surface area contributed by atoms with Crippen molar-refractivity contribution in [1.29, 1.82) is 0 Å². The molecule has 2 aliphatic heterocycles. The molecule has 2 saturated heterocycles. The Balaban J connectivity index is 1.83. The number of benzene rings is 1. The molecule has 1 aromatic rings. The highest BCUT2D eigenvalue weighted by Crippen LogP contribution is 2.42. The Morgan fingerprint density at radius 3 is 2.45 bits per heavy atom. The molecule has 2 nitrogen and oxygen atoms in total. The summed E-state index contributed by atoms with van der Waals surface area (Å²) in [6.07, 6.45) is 5.21. The summed E-state index contributed by atoms with van der Waals surface area (Å²) in [7, 11) is 4.31. The Morgan fingerprint density at radius 2 is 1.90 bits per heavy atom. The molecule has 3 heteroatoms. The molecule has 0 amide bonds. The summed E-state index contributed by atoms with van der Waals surface area (Å²) >= 11 is 0. The van der Waals surface area contributed by atoms with E-state index in [1.165, 1.54) is 31.2 Å². The van der Waals surface area contributed by atoms with Crippen molar-refractivity contribution in [3.8, 4) is 0 Å². The van der Waals surface area contributed by atoms with Gasteiger partial charge in [0.05, 0.1) is 0 Å². The van der Waals surface area contributed by atoms with Crippen LogP contribution < -0.4 is 5.32 Å². The predicted octanol–water partition coefficient (Wildman–Crippen LogP) is 3.27. The van der Waals surface area contributed by atoms with E-state index in [-0.39, 0.29) is 5.82 Å². The van der Waals surface area contributed by atoms with E-state index in [0.29, 0.717) is 12.0 Å². The van der Waals surface area contributed by atoms with Crippen LogP contribution in [0.25, 0.3) is 0 Å². The van der Waals surface area contributed by atoms with Crippen LogP contribution in [-0.4, -0.2) is 31.1 Å². The van der Waals surface area contributed by atoms with Gasteiger partial charge in [0.2, 0.25) is 0 Å². The fourth-order valence-corrected chi connectivity index (χ4v) is 4.36. The first kappa shape index (κ1) is 14.0. The van der Waals surface area contributed by atoms with Gasteiger partial charge in [-0.15, -0.1) is 0 Å². The summed E-state index contributed by atoms with van der Waals surface area (Å²) in [5, 5.41) is 3.49. The van der Waals surface area contributed by atoms with Gasteiger partial charge in [0.15, 0.2) is 0 Å². The largest absolute Gasteiger partial charge is 0.313 e. The van der Waals surface area contributed by atoms with Crippen molar-refractivity contribution >= 4 is 0 Å². The lowest BCUT2D eigenvalue weighted by molar-refractivity contribution is 0.114. The highest BCUT2D eigenvalue weighted by Gasteiger charge is 2.41. The molecule has 3 atom stereocenters. The third-order valence-corrected chi connectivity index (χ3v) is 5.48. The van der Waals surface area contributed by atoms with Gasteiger partial charge in [-0.1, -0.05) is 6.07 Å². The Kier molecular flexibility index (Phi) is 3.83. The highest BCUT2D eigenvalue weighted by atomic mass is 19.1. The van der Waals surface area contributed by atoms with Crippen molar-refractivity contribution in [1.82, 2.24) is 10.2 Å². The number of aryl methyl sites for hydroxylation is 1. The molecule has 110 valence electrons. The third-order valence-electron chi connectivity index (χ3n) is 5.48. The van der Waals surface area contributed by atoms with Gasteiger partial charge >= 0.3 is 0 Å². The molecule has 3 unspecified atom stereocenters. The summed E-state index contributed by atoms with van der Waals surface area (Å²) in [6.45, 7) is 2.02. The zero-order chi connectivity index (χ0) is 14.3. The number of fused-ring (bicyclic) bond motifs is 2. The van der Waals surface area contributed by atoms with E-state index in [1.54, 1.807) is 12.1 Å². The van der Waals surface area contributed by atoms with E-state index in [4.69, 9.17) is 0 Å². The van der Waals surface area contributed by atoms with E-state index >= 15 is 0 Å². The van der Waals surface area contributed by atoms with Crippen LogP contribution >= 0.6 is 0 Å². The van der Waals surface area contributed by atoms with E-state index in [2.05, 4.69) is 17.3 Å². The molecule has 1 aromatic carbocycles. The van der Waals surface area contributed by atoms with Gasteiger partial charge in [-0.3, -0.25) is 0 Å². The summed E-state index contributed by atoms with van der Waals surface area (Å²) in [4.78, 5) is 2.57. The second kappa shape index (κ2) is 5.45. The molecule has 0 aromatic heterocycles. The lowest BCUT2D eigenvalue weighted by atomic mass is 9.81. The summed E-state index contributed by atoms with van der Waals surface area (Å²) in [6, 6.07) is 7.06. The van der Waals surface area contributed by atoms with E-state index in [0.717, 1.165) is 17.6 Å². The zero-order valence-corrected chi connectivity index (χ0v) is 12.7. The fraction of sp³-hybridized carbons (Fsp3) is 0.647. The molecule has 20 heavy (non-hydrogen) atoms. The van der Waals surface area contributed by atoms with Crippen LogP contribution in [-0.2, 0) is 0 Å². The molecule has 0 radical (unpaired) electrons. The van der Waals surface area contributed by atoms with E-state index in [9.17, 15) is 4.39 Å². The van der Waals surface area contributed by atoms with Crippen LogP contribution in [0.4, 0.5) is 4.39 Å². The average molecular weight is 276 g/mol. The van der Waals surface area contributed by atoms with Gasteiger partial charge in [-0.05, 0) is 75.9 Å². The predicted molar refractivity (Wildman–Crippen MR) is 80.2 cm³/mol. The molecule has 1 N–H and O–H groups in total. The van der Waals surface area contributed by atoms with Crippen LogP contribution in [0.2, 0.25) is 0 Å². The number of hydrogen-bond acceptors (Lipinski definition) is 2. The normalized spacial score (nSPS) is 31.5. The Hall–Kier alpha value is -0.930. The smallest absolute Gasteiger partial charge is 0.123 e. The van der Waals surface area contributed by atoms with Crippen LogP contribution in [0.3, 0.4) is 0 Å². The molecular formula is C17H25FN2. The first-order valence-electron chi connectivity index (χ1n) is 7.75. The fourth-order valence-electron chi connectivity index (χ4n) is 4.36. The molecule has 3 rings (SSSR count). The lowest BCUT2D eigenvalue weighted by Crippen LogP contribution is -2.43. The summed E-state index contributed by atoms with van der Waals surface area (Å²) < 4.78 is 13.3. The van der Waals surface area contributed by atoms with Crippen LogP contribution in [0.5, 0.6) is 0 Å². The van der Waals surface area contributed by atoms with Crippen molar-refractivity contribution in [3.63, 3.8) is 0 Å². The van der Waals surface area contributed by atoms with Gasteiger partial charge in [0.25, 0.3) is 0 Å². The summed E-state index contributed by atoms with van der Waals surface area (Å²) in [5.74, 6) is 0.530. The van der Waals surface area contributed by atoms with Gasteiger partial charge < -0.3 is 10.2 Å². The molecule has 0 spiro atoms. The molecule has 2 heterocycles. The maximum Gasteiger partial charge on any atom is 0.123 e. The second-order valence-electron chi connectivity index (χ2n) is 6.55. The number of hydrogen-bond donors (Lipinski definition) is 1. The Bertz CT molecular complexity index is 474. The number of rotatable bonds is 3. The first-order chi connectivity index (χ1) is 9.60. The maximum absolute atomic E-state index is 13.3.